The van der Waals surface area contributed by atoms with Crippen LogP contribution in [0.25, 0.3) is 0 Å². The highest BCUT2D eigenvalue weighted by Crippen LogP contribution is 2.46. The topological polar surface area (TPSA) is 79.6 Å². The maximum Gasteiger partial charge on any atom is 0.193 e. The van der Waals surface area contributed by atoms with Crippen molar-refractivity contribution in [1.29, 1.82) is 0 Å². The van der Waals surface area contributed by atoms with Crippen LogP contribution in [0.2, 0.25) is 0 Å². The average Bonchev–Trinajstić information content (AvgIpc) is 3.15. The summed E-state index contributed by atoms with van der Waals surface area (Å²) in [5.74, 6) is 1.40. The van der Waals surface area contributed by atoms with Crippen LogP contribution >= 0.6 is 0 Å². The highest BCUT2D eigenvalue weighted by Gasteiger charge is 2.45. The second-order valence-corrected chi connectivity index (χ2v) is 10.1. The van der Waals surface area contributed by atoms with E-state index >= 15 is 0 Å². The van der Waals surface area contributed by atoms with Crippen molar-refractivity contribution in [2.24, 2.45) is 17.5 Å². The molecule has 0 bridgehead atoms. The maximum absolute atomic E-state index is 11.7. The molecule has 0 aliphatic heterocycles. The van der Waals surface area contributed by atoms with E-state index in [4.69, 9.17) is 4.99 Å². The van der Waals surface area contributed by atoms with Gasteiger partial charge in [-0.1, -0.05) is 13.8 Å². The van der Waals surface area contributed by atoms with Crippen LogP contribution in [-0.2, 0) is 23.4 Å². The molecule has 8 heteroatoms. The molecule has 7 nitrogen and oxygen atoms in total. The quantitative estimate of drug-likeness (QED) is 0.547. The van der Waals surface area contributed by atoms with Crippen molar-refractivity contribution < 1.29 is 8.42 Å². The van der Waals surface area contributed by atoms with E-state index in [0.717, 1.165) is 31.0 Å². The fraction of sp³-hybridized carbons (Fsp3) is 0.778. The van der Waals surface area contributed by atoms with Gasteiger partial charge in [0.05, 0.1) is 11.4 Å². The number of nitrogens with one attached hydrogen (secondary N) is 1. The molecule has 0 saturated heterocycles. The first-order valence-electron chi connectivity index (χ1n) is 9.25. The van der Waals surface area contributed by atoms with E-state index in [-0.39, 0.29) is 11.2 Å². The minimum Gasteiger partial charge on any atom is -0.357 e. The first-order valence-corrected chi connectivity index (χ1v) is 11.3. The Morgan fingerprint density at radius 2 is 2.12 bits per heavy atom. The van der Waals surface area contributed by atoms with Crippen LogP contribution in [0.5, 0.6) is 0 Å². The summed E-state index contributed by atoms with van der Waals surface area (Å²) in [6.07, 6.45) is 5.24. The van der Waals surface area contributed by atoms with E-state index in [1.807, 2.05) is 25.7 Å². The van der Waals surface area contributed by atoms with Crippen LogP contribution in [0.3, 0.4) is 0 Å². The van der Waals surface area contributed by atoms with Crippen LogP contribution < -0.4 is 5.32 Å². The molecule has 0 unspecified atom stereocenters. The van der Waals surface area contributed by atoms with Crippen LogP contribution in [0.1, 0.15) is 50.8 Å². The summed E-state index contributed by atoms with van der Waals surface area (Å²) in [5, 5.41) is 7.89. The molecule has 2 rings (SSSR count). The number of aryl methyl sites for hydroxylation is 1. The van der Waals surface area contributed by atoms with E-state index in [2.05, 4.69) is 35.4 Å². The Morgan fingerprint density at radius 1 is 1.46 bits per heavy atom. The van der Waals surface area contributed by atoms with Gasteiger partial charge >= 0.3 is 0 Å². The number of hydrogen-bond donors (Lipinski definition) is 1. The van der Waals surface area contributed by atoms with Gasteiger partial charge in [0.25, 0.3) is 0 Å². The number of rotatable bonds is 8. The number of aromatic nitrogens is 2. The van der Waals surface area contributed by atoms with Crippen LogP contribution in [0.15, 0.2) is 11.2 Å². The molecule has 1 aromatic heterocycles. The molecule has 1 saturated carbocycles. The van der Waals surface area contributed by atoms with Gasteiger partial charge in [0.1, 0.15) is 9.84 Å². The summed E-state index contributed by atoms with van der Waals surface area (Å²) < 4.78 is 25.2. The first kappa shape index (κ1) is 20.7. The molecule has 1 aromatic rings. The smallest absolute Gasteiger partial charge is 0.193 e. The van der Waals surface area contributed by atoms with Gasteiger partial charge in [0.15, 0.2) is 5.96 Å². The predicted molar refractivity (Wildman–Crippen MR) is 106 cm³/mol. The zero-order valence-corrected chi connectivity index (χ0v) is 17.7. The Morgan fingerprint density at radius 3 is 2.62 bits per heavy atom. The lowest BCUT2D eigenvalue weighted by Gasteiger charge is -2.23. The molecular weight excluding hydrogens is 350 g/mol. The summed E-state index contributed by atoms with van der Waals surface area (Å²) in [7, 11) is 0.975. The SMILES string of the molecule is CCNC(=NCC1(CS(C)(=O)=O)CC1)N(C)Cc1cn(C)nc1C(C)C. The monoisotopic (exact) mass is 383 g/mol. The minimum atomic E-state index is -2.97. The average molecular weight is 384 g/mol. The fourth-order valence-electron chi connectivity index (χ4n) is 3.29. The molecule has 0 spiro atoms. The molecule has 1 N–H and O–H groups in total. The molecule has 0 aromatic carbocycles. The van der Waals surface area contributed by atoms with Crippen molar-refractivity contribution in [1.82, 2.24) is 20.0 Å². The van der Waals surface area contributed by atoms with E-state index in [0.29, 0.717) is 19.0 Å². The molecule has 0 atom stereocenters. The van der Waals surface area contributed by atoms with Crippen molar-refractivity contribution in [2.45, 2.75) is 46.1 Å². The first-order chi connectivity index (χ1) is 12.1. The number of nitrogens with zero attached hydrogens (tertiary/aromatic N) is 4. The Balaban J connectivity index is 2.11. The van der Waals surface area contributed by atoms with Gasteiger partial charge in [0.2, 0.25) is 0 Å². The van der Waals surface area contributed by atoms with Crippen molar-refractivity contribution in [2.75, 3.05) is 32.1 Å². The van der Waals surface area contributed by atoms with Gasteiger partial charge in [-0.05, 0) is 25.7 Å². The molecule has 1 heterocycles. The molecule has 148 valence electrons. The Bertz CT molecular complexity index is 748. The predicted octanol–water partition coefficient (Wildman–Crippen LogP) is 1.77. The van der Waals surface area contributed by atoms with Gasteiger partial charge in [0, 0.05) is 57.2 Å². The molecule has 0 radical (unpaired) electrons. The minimum absolute atomic E-state index is 0.160. The molecule has 26 heavy (non-hydrogen) atoms. The van der Waals surface area contributed by atoms with Gasteiger partial charge < -0.3 is 10.2 Å². The summed E-state index contributed by atoms with van der Waals surface area (Å²) in [6, 6.07) is 0. The van der Waals surface area contributed by atoms with Gasteiger partial charge in [-0.3, -0.25) is 9.67 Å². The highest BCUT2D eigenvalue weighted by atomic mass is 32.2. The second-order valence-electron chi connectivity index (χ2n) is 7.96. The summed E-state index contributed by atoms with van der Waals surface area (Å²) >= 11 is 0. The molecule has 1 fully saturated rings. The number of hydrogen-bond acceptors (Lipinski definition) is 4. The summed E-state index contributed by atoms with van der Waals surface area (Å²) in [5.41, 5.74) is 2.13. The van der Waals surface area contributed by atoms with Gasteiger partial charge in [-0.2, -0.15) is 5.10 Å². The van der Waals surface area contributed by atoms with E-state index < -0.39 is 9.84 Å². The zero-order valence-electron chi connectivity index (χ0n) is 16.9. The lowest BCUT2D eigenvalue weighted by molar-refractivity contribution is 0.467. The lowest BCUT2D eigenvalue weighted by Crippen LogP contribution is -2.39. The third-order valence-corrected chi connectivity index (χ3v) is 5.81. The number of sulfone groups is 1. The fourth-order valence-corrected chi connectivity index (χ4v) is 4.78. The molecular formula is C18H33N5O2S. The summed E-state index contributed by atoms with van der Waals surface area (Å²) in [4.78, 5) is 6.84. The van der Waals surface area contributed by atoms with Crippen LogP contribution in [0, 0.1) is 5.41 Å². The Labute approximate surface area is 157 Å². The van der Waals surface area contributed by atoms with Crippen molar-refractivity contribution in [3.8, 4) is 0 Å². The standard InChI is InChI=1S/C18H33N5O2S/c1-7-19-17(20-12-18(8-9-18)13-26(6,24)25)22(4)10-15-11-23(5)21-16(15)14(2)3/h11,14H,7-10,12-13H2,1-6H3,(H,19,20). The number of guanidine groups is 1. The van der Waals surface area contributed by atoms with E-state index in [1.54, 1.807) is 0 Å². The molecule has 1 aliphatic rings. The maximum atomic E-state index is 11.7. The van der Waals surface area contributed by atoms with E-state index in [9.17, 15) is 8.42 Å². The van der Waals surface area contributed by atoms with Crippen molar-refractivity contribution in [3.05, 3.63) is 17.5 Å². The van der Waals surface area contributed by atoms with Crippen molar-refractivity contribution >= 4 is 15.8 Å². The normalized spacial score (nSPS) is 16.8. The van der Waals surface area contributed by atoms with Crippen molar-refractivity contribution in [3.63, 3.8) is 0 Å². The number of aliphatic imine (C=N–C) groups is 1. The Kier molecular flexibility index (Phi) is 6.37. The molecule has 1 aliphatic carbocycles. The summed E-state index contributed by atoms with van der Waals surface area (Å²) in [6.45, 7) is 8.37. The Hall–Kier alpha value is -1.57. The van der Waals surface area contributed by atoms with Gasteiger partial charge in [-0.15, -0.1) is 0 Å². The third-order valence-electron chi connectivity index (χ3n) is 4.68. The molecule has 0 amide bonds. The van der Waals surface area contributed by atoms with E-state index in [1.165, 1.54) is 11.8 Å². The van der Waals surface area contributed by atoms with Crippen LogP contribution in [-0.4, -0.2) is 61.2 Å². The lowest BCUT2D eigenvalue weighted by atomic mass is 10.1. The highest BCUT2D eigenvalue weighted by molar-refractivity contribution is 7.90. The van der Waals surface area contributed by atoms with Crippen LogP contribution in [0.4, 0.5) is 0 Å². The third kappa shape index (κ3) is 5.72. The van der Waals surface area contributed by atoms with Gasteiger partial charge in [-0.25, -0.2) is 8.42 Å². The largest absolute Gasteiger partial charge is 0.357 e. The zero-order chi connectivity index (χ0) is 19.5. The second kappa shape index (κ2) is 7.98.